The fraction of sp³-hybridized carbons (Fsp3) is 0.381. The molecule has 1 aliphatic rings. The first-order valence-electron chi connectivity index (χ1n) is 9.62. The van der Waals surface area contributed by atoms with Gasteiger partial charge in [0.25, 0.3) is 0 Å². The van der Waals surface area contributed by atoms with Crippen molar-refractivity contribution in [2.75, 3.05) is 26.7 Å². The summed E-state index contributed by atoms with van der Waals surface area (Å²) in [4.78, 5) is 11.1. The lowest BCUT2D eigenvalue weighted by atomic mass is 9.96. The highest BCUT2D eigenvalue weighted by Gasteiger charge is 2.24. The van der Waals surface area contributed by atoms with Crippen molar-refractivity contribution in [1.29, 1.82) is 0 Å². The van der Waals surface area contributed by atoms with Crippen molar-refractivity contribution in [2.45, 2.75) is 25.2 Å². The number of rotatable bonds is 4. The molecule has 2 heterocycles. The molecule has 0 spiro atoms. The quantitative estimate of drug-likeness (QED) is 0.334. The number of hydrogen-bond acceptors (Lipinski definition) is 3. The minimum absolute atomic E-state index is 0. The van der Waals surface area contributed by atoms with Gasteiger partial charge in [0.1, 0.15) is 12.2 Å². The van der Waals surface area contributed by atoms with E-state index in [9.17, 15) is 0 Å². The summed E-state index contributed by atoms with van der Waals surface area (Å²) in [5.41, 5.74) is 1.38. The van der Waals surface area contributed by atoms with Crippen molar-refractivity contribution >= 4 is 40.7 Å². The van der Waals surface area contributed by atoms with Gasteiger partial charge in [-0.05, 0) is 35.6 Å². The van der Waals surface area contributed by atoms with Gasteiger partial charge in [-0.3, -0.25) is 10.1 Å². The van der Waals surface area contributed by atoms with E-state index in [1.807, 2.05) is 7.05 Å². The van der Waals surface area contributed by atoms with E-state index in [2.05, 4.69) is 72.9 Å². The smallest absolute Gasteiger partial charge is 0.193 e. The predicted octanol–water partition coefficient (Wildman–Crippen LogP) is 3.57. The molecule has 0 amide bonds. The van der Waals surface area contributed by atoms with Gasteiger partial charge in [0.2, 0.25) is 0 Å². The molecule has 3 aromatic rings. The Labute approximate surface area is 182 Å². The highest BCUT2D eigenvalue weighted by Crippen LogP contribution is 2.25. The first-order valence-corrected chi connectivity index (χ1v) is 9.62. The van der Waals surface area contributed by atoms with Crippen molar-refractivity contribution in [3.05, 3.63) is 60.2 Å². The van der Waals surface area contributed by atoms with Crippen LogP contribution in [0.25, 0.3) is 10.8 Å². The number of halogens is 1. The molecule has 2 aromatic carbocycles. The van der Waals surface area contributed by atoms with Crippen LogP contribution in [0.1, 0.15) is 30.1 Å². The molecule has 0 saturated carbocycles. The van der Waals surface area contributed by atoms with Gasteiger partial charge in [-0.1, -0.05) is 42.5 Å². The number of nitrogens with zero attached hydrogens (tertiary/aromatic N) is 4. The van der Waals surface area contributed by atoms with Crippen molar-refractivity contribution in [2.24, 2.45) is 4.99 Å². The molecule has 0 aliphatic carbocycles. The number of guanidine groups is 1. The van der Waals surface area contributed by atoms with E-state index in [1.165, 1.54) is 16.3 Å². The molecule has 2 N–H and O–H groups in total. The number of piperidine rings is 1. The number of fused-ring (bicyclic) bond motifs is 1. The van der Waals surface area contributed by atoms with E-state index < -0.39 is 0 Å². The molecule has 0 radical (unpaired) electrons. The Kier molecular flexibility index (Phi) is 7.24. The van der Waals surface area contributed by atoms with E-state index in [-0.39, 0.29) is 24.0 Å². The summed E-state index contributed by atoms with van der Waals surface area (Å²) in [6.45, 7) is 2.85. The second kappa shape index (κ2) is 9.86. The molecule has 1 saturated heterocycles. The molecule has 148 valence electrons. The summed E-state index contributed by atoms with van der Waals surface area (Å²) in [5.74, 6) is 2.47. The molecule has 1 aliphatic heterocycles. The summed E-state index contributed by atoms with van der Waals surface area (Å²) in [6.07, 6.45) is 4.71. The molecule has 28 heavy (non-hydrogen) atoms. The largest absolute Gasteiger partial charge is 0.356 e. The zero-order valence-corrected chi connectivity index (χ0v) is 18.5. The molecule has 0 unspecified atom stereocenters. The molecule has 7 heteroatoms. The van der Waals surface area contributed by atoms with Crippen LogP contribution in [0, 0.1) is 0 Å². The van der Waals surface area contributed by atoms with Gasteiger partial charge in [0, 0.05) is 32.6 Å². The second-order valence-corrected chi connectivity index (χ2v) is 6.99. The summed E-state index contributed by atoms with van der Waals surface area (Å²) < 4.78 is 0. The fourth-order valence-corrected chi connectivity index (χ4v) is 3.93. The number of likely N-dealkylation sites (tertiary alicyclic amines) is 1. The number of aromatic amines is 1. The maximum atomic E-state index is 4.49. The van der Waals surface area contributed by atoms with Crippen LogP contribution >= 0.6 is 24.0 Å². The Morgan fingerprint density at radius 1 is 1.18 bits per heavy atom. The first kappa shape index (κ1) is 20.6. The van der Waals surface area contributed by atoms with E-state index >= 15 is 0 Å². The zero-order valence-electron chi connectivity index (χ0n) is 16.1. The van der Waals surface area contributed by atoms with Crippen LogP contribution in [0.4, 0.5) is 0 Å². The van der Waals surface area contributed by atoms with Gasteiger partial charge in [0.15, 0.2) is 5.96 Å². The van der Waals surface area contributed by atoms with E-state index in [0.717, 1.165) is 50.7 Å². The van der Waals surface area contributed by atoms with Gasteiger partial charge < -0.3 is 10.2 Å². The summed E-state index contributed by atoms with van der Waals surface area (Å²) >= 11 is 0. The average Bonchev–Trinajstić information content (AvgIpc) is 3.26. The molecule has 1 fully saturated rings. The van der Waals surface area contributed by atoms with Gasteiger partial charge in [0.05, 0.1) is 0 Å². The third-order valence-corrected chi connectivity index (χ3v) is 5.38. The van der Waals surface area contributed by atoms with Gasteiger partial charge in [-0.15, -0.1) is 24.0 Å². The zero-order chi connectivity index (χ0) is 18.5. The standard InChI is InChI=1S/C21H26N6.HI/c1-22-21(27-13-10-18(11-14-27)20-24-15-25-26-20)23-12-9-17-7-4-6-16-5-2-3-8-19(16)17;/h2-8,15,18H,9-14H2,1H3,(H,22,23)(H,24,25,26);1H. The minimum atomic E-state index is 0. The maximum absolute atomic E-state index is 4.49. The fourth-order valence-electron chi connectivity index (χ4n) is 3.93. The number of aromatic nitrogens is 3. The molecule has 1 aromatic heterocycles. The number of H-pyrrole nitrogens is 1. The van der Waals surface area contributed by atoms with Crippen LogP contribution in [0.3, 0.4) is 0 Å². The number of hydrogen-bond donors (Lipinski definition) is 2. The average molecular weight is 490 g/mol. The van der Waals surface area contributed by atoms with Gasteiger partial charge in [-0.25, -0.2) is 4.98 Å². The first-order chi connectivity index (χ1) is 13.3. The predicted molar refractivity (Wildman–Crippen MR) is 124 cm³/mol. The van der Waals surface area contributed by atoms with Crippen LogP contribution in [0.5, 0.6) is 0 Å². The van der Waals surface area contributed by atoms with Crippen LogP contribution in [-0.4, -0.2) is 52.7 Å². The normalized spacial score (nSPS) is 15.5. The molecule has 6 nitrogen and oxygen atoms in total. The van der Waals surface area contributed by atoms with Crippen molar-refractivity contribution in [3.63, 3.8) is 0 Å². The van der Waals surface area contributed by atoms with Gasteiger partial charge >= 0.3 is 0 Å². The topological polar surface area (TPSA) is 69.2 Å². The second-order valence-electron chi connectivity index (χ2n) is 6.99. The van der Waals surface area contributed by atoms with Crippen molar-refractivity contribution < 1.29 is 0 Å². The molecular weight excluding hydrogens is 463 g/mol. The van der Waals surface area contributed by atoms with E-state index in [4.69, 9.17) is 0 Å². The molecule has 0 bridgehead atoms. The minimum Gasteiger partial charge on any atom is -0.356 e. The highest BCUT2D eigenvalue weighted by molar-refractivity contribution is 14.0. The van der Waals surface area contributed by atoms with Crippen molar-refractivity contribution in [3.8, 4) is 0 Å². The highest BCUT2D eigenvalue weighted by atomic mass is 127. The monoisotopic (exact) mass is 490 g/mol. The lowest BCUT2D eigenvalue weighted by molar-refractivity contribution is 0.299. The van der Waals surface area contributed by atoms with Gasteiger partial charge in [-0.2, -0.15) is 5.10 Å². The van der Waals surface area contributed by atoms with E-state index in [1.54, 1.807) is 6.33 Å². The molecular formula is C21H27IN6. The lowest BCUT2D eigenvalue weighted by Gasteiger charge is -2.33. The third-order valence-electron chi connectivity index (χ3n) is 5.38. The Hall–Kier alpha value is -2.16. The number of aliphatic imine (C=N–C) groups is 1. The summed E-state index contributed by atoms with van der Waals surface area (Å²) in [7, 11) is 1.86. The Morgan fingerprint density at radius 3 is 2.71 bits per heavy atom. The Morgan fingerprint density at radius 2 is 1.96 bits per heavy atom. The lowest BCUT2D eigenvalue weighted by Crippen LogP contribution is -2.45. The molecule has 0 atom stereocenters. The number of nitrogens with one attached hydrogen (secondary N) is 2. The van der Waals surface area contributed by atoms with Crippen LogP contribution in [0.2, 0.25) is 0 Å². The number of benzene rings is 2. The van der Waals surface area contributed by atoms with Crippen LogP contribution in [-0.2, 0) is 6.42 Å². The van der Waals surface area contributed by atoms with Crippen molar-refractivity contribution in [1.82, 2.24) is 25.4 Å². The van der Waals surface area contributed by atoms with Crippen LogP contribution < -0.4 is 5.32 Å². The summed E-state index contributed by atoms with van der Waals surface area (Å²) in [6, 6.07) is 15.1. The Bertz CT molecular complexity index is 895. The molecule has 4 rings (SSSR count). The maximum Gasteiger partial charge on any atom is 0.193 e. The van der Waals surface area contributed by atoms with E-state index in [0.29, 0.717) is 5.92 Å². The Balaban J connectivity index is 0.00000225. The summed E-state index contributed by atoms with van der Waals surface area (Å²) in [5, 5.41) is 13.2. The SMILES string of the molecule is CN=C(NCCc1cccc2ccccc12)N1CCC(c2ncn[nH]2)CC1.I. The van der Waals surface area contributed by atoms with Crippen LogP contribution in [0.15, 0.2) is 53.8 Å². The third kappa shape index (κ3) is 4.63.